The molecule has 0 spiro atoms. The second kappa shape index (κ2) is 3.01. The van der Waals surface area contributed by atoms with Gasteiger partial charge in [0.2, 0.25) is 5.82 Å². The molecule has 0 N–H and O–H groups in total. The van der Waals surface area contributed by atoms with Crippen LogP contribution in [0.3, 0.4) is 0 Å². The Morgan fingerprint density at radius 3 is 2.86 bits per heavy atom. The Bertz CT molecular complexity index is 495. The molecule has 0 unspecified atom stereocenters. The fourth-order valence-electron chi connectivity index (χ4n) is 1.42. The van der Waals surface area contributed by atoms with Crippen molar-refractivity contribution in [2.45, 2.75) is 6.92 Å². The highest BCUT2D eigenvalue weighted by Crippen LogP contribution is 2.18. The van der Waals surface area contributed by atoms with E-state index in [0.717, 1.165) is 5.69 Å². The maximum atomic E-state index is 13.7. The maximum Gasteiger partial charge on any atom is 0.207 e. The van der Waals surface area contributed by atoms with Gasteiger partial charge in [0, 0.05) is 12.4 Å². The lowest BCUT2D eigenvalue weighted by atomic mass is 9.97. The molecule has 0 aliphatic heterocycles. The van der Waals surface area contributed by atoms with Crippen molar-refractivity contribution in [1.29, 1.82) is 0 Å². The number of ether oxygens (including phenoxy) is 1. The first-order valence-corrected chi connectivity index (χ1v) is 4.10. The lowest BCUT2D eigenvalue weighted by Gasteiger charge is -2.06. The van der Waals surface area contributed by atoms with Gasteiger partial charge in [0.1, 0.15) is 7.85 Å². The number of methoxy groups -OCH3 is 1. The van der Waals surface area contributed by atoms with Crippen LogP contribution in [0.15, 0.2) is 12.4 Å². The summed E-state index contributed by atoms with van der Waals surface area (Å²) in [6.45, 7) is 1.79. The van der Waals surface area contributed by atoms with Crippen LogP contribution in [0.5, 0.6) is 5.75 Å². The number of pyridine rings is 1. The highest BCUT2D eigenvalue weighted by atomic mass is 19.1. The van der Waals surface area contributed by atoms with E-state index in [-0.39, 0.29) is 16.9 Å². The molecule has 14 heavy (non-hydrogen) atoms. The van der Waals surface area contributed by atoms with Crippen molar-refractivity contribution in [3.63, 3.8) is 0 Å². The first kappa shape index (κ1) is 9.06. The van der Waals surface area contributed by atoms with E-state index in [2.05, 4.69) is 4.98 Å². The Morgan fingerprint density at radius 2 is 2.21 bits per heavy atom. The minimum absolute atomic E-state index is 0.0445. The molecule has 70 valence electrons. The molecule has 5 heteroatoms. The van der Waals surface area contributed by atoms with Crippen molar-refractivity contribution in [3.05, 3.63) is 23.9 Å². The van der Waals surface area contributed by atoms with E-state index in [1.54, 1.807) is 23.7 Å². The van der Waals surface area contributed by atoms with Gasteiger partial charge in [-0.25, -0.2) is 4.98 Å². The third-order valence-electron chi connectivity index (χ3n) is 1.99. The molecule has 2 heterocycles. The summed E-state index contributed by atoms with van der Waals surface area (Å²) in [7, 11) is 6.97. The van der Waals surface area contributed by atoms with Gasteiger partial charge in [-0.2, -0.15) is 4.39 Å². The van der Waals surface area contributed by atoms with Gasteiger partial charge in [-0.3, -0.25) is 0 Å². The van der Waals surface area contributed by atoms with Crippen molar-refractivity contribution in [1.82, 2.24) is 9.38 Å². The van der Waals surface area contributed by atoms with Gasteiger partial charge in [0.15, 0.2) is 11.4 Å². The highest BCUT2D eigenvalue weighted by Gasteiger charge is 2.12. The van der Waals surface area contributed by atoms with Gasteiger partial charge in [-0.05, 0) is 12.4 Å². The standard InChI is InChI=1S/C9H8BFN2O/c1-5-3-13-4-6(10)8(14-2)7(11)9(13)12-5/h3-4H,1-2H3. The molecule has 0 bridgehead atoms. The van der Waals surface area contributed by atoms with Crippen molar-refractivity contribution in [2.24, 2.45) is 0 Å². The molecule has 0 aliphatic rings. The Morgan fingerprint density at radius 1 is 1.50 bits per heavy atom. The number of nitrogens with zero attached hydrogens (tertiary/aromatic N) is 2. The Hall–Kier alpha value is -1.52. The molecule has 0 amide bonds. The molecule has 3 nitrogen and oxygen atoms in total. The molecule has 0 atom stereocenters. The number of imidazole rings is 1. The minimum atomic E-state index is -0.527. The lowest BCUT2D eigenvalue weighted by Crippen LogP contribution is -2.12. The van der Waals surface area contributed by atoms with Crippen LogP contribution in [0.25, 0.3) is 5.65 Å². The minimum Gasteiger partial charge on any atom is -0.494 e. The Kier molecular flexibility index (Phi) is 1.95. The average Bonchev–Trinajstić information content (AvgIpc) is 2.47. The summed E-state index contributed by atoms with van der Waals surface area (Å²) in [5.41, 5.74) is 1.22. The van der Waals surface area contributed by atoms with E-state index in [4.69, 9.17) is 12.6 Å². The van der Waals surface area contributed by atoms with Gasteiger partial charge in [0.25, 0.3) is 0 Å². The van der Waals surface area contributed by atoms with E-state index < -0.39 is 5.82 Å². The third-order valence-corrected chi connectivity index (χ3v) is 1.99. The van der Waals surface area contributed by atoms with Crippen molar-refractivity contribution in [2.75, 3.05) is 7.11 Å². The summed E-state index contributed by atoms with van der Waals surface area (Å²) < 4.78 is 20.0. The molecule has 0 fully saturated rings. The van der Waals surface area contributed by atoms with Crippen LogP contribution in [-0.4, -0.2) is 24.3 Å². The molecule has 0 saturated carbocycles. The maximum absolute atomic E-state index is 13.7. The van der Waals surface area contributed by atoms with Crippen LogP contribution in [0.1, 0.15) is 5.69 Å². The number of fused-ring (bicyclic) bond motifs is 1. The molecule has 2 radical (unpaired) electrons. The van der Waals surface area contributed by atoms with E-state index in [1.165, 1.54) is 7.11 Å². The number of aromatic nitrogens is 2. The van der Waals surface area contributed by atoms with Crippen LogP contribution < -0.4 is 10.2 Å². The molecule has 0 aromatic carbocycles. The van der Waals surface area contributed by atoms with Gasteiger partial charge < -0.3 is 9.14 Å². The molecule has 2 aromatic rings. The summed E-state index contributed by atoms with van der Waals surface area (Å²) in [5, 5.41) is 0. The second-order valence-electron chi connectivity index (χ2n) is 3.04. The largest absolute Gasteiger partial charge is 0.494 e. The zero-order valence-electron chi connectivity index (χ0n) is 7.91. The summed E-state index contributed by atoms with van der Waals surface area (Å²) >= 11 is 0. The van der Waals surface area contributed by atoms with Crippen LogP contribution in [0.2, 0.25) is 0 Å². The van der Waals surface area contributed by atoms with Crippen molar-refractivity contribution < 1.29 is 9.13 Å². The number of halogens is 1. The average molecular weight is 190 g/mol. The normalized spacial score (nSPS) is 10.8. The predicted octanol–water partition coefficient (Wildman–Crippen LogP) is 0.584. The van der Waals surface area contributed by atoms with Crippen LogP contribution in [0.4, 0.5) is 4.39 Å². The molecule has 2 aromatic heterocycles. The monoisotopic (exact) mass is 190 g/mol. The Balaban J connectivity index is 2.84. The summed E-state index contributed by atoms with van der Waals surface area (Å²) in [5.74, 6) is -0.483. The molecule has 0 saturated heterocycles. The van der Waals surface area contributed by atoms with Gasteiger partial charge in [0.05, 0.1) is 12.8 Å². The second-order valence-corrected chi connectivity index (χ2v) is 3.04. The number of hydrogen-bond acceptors (Lipinski definition) is 2. The van der Waals surface area contributed by atoms with E-state index >= 15 is 0 Å². The van der Waals surface area contributed by atoms with Crippen molar-refractivity contribution >= 4 is 19.0 Å². The van der Waals surface area contributed by atoms with E-state index in [1.807, 2.05) is 0 Å². The van der Waals surface area contributed by atoms with E-state index in [0.29, 0.717) is 0 Å². The predicted molar refractivity (Wildman–Crippen MR) is 51.8 cm³/mol. The number of hydrogen-bond donors (Lipinski definition) is 0. The number of aryl methyl sites for hydroxylation is 1. The topological polar surface area (TPSA) is 26.5 Å². The van der Waals surface area contributed by atoms with Crippen LogP contribution >= 0.6 is 0 Å². The van der Waals surface area contributed by atoms with Gasteiger partial charge in [-0.1, -0.05) is 0 Å². The van der Waals surface area contributed by atoms with E-state index in [9.17, 15) is 4.39 Å². The summed E-state index contributed by atoms with van der Waals surface area (Å²) in [4.78, 5) is 4.01. The Labute approximate surface area is 81.9 Å². The van der Waals surface area contributed by atoms with Gasteiger partial charge >= 0.3 is 0 Å². The molecule has 0 aliphatic carbocycles. The van der Waals surface area contributed by atoms with Crippen LogP contribution in [-0.2, 0) is 0 Å². The van der Waals surface area contributed by atoms with Crippen molar-refractivity contribution in [3.8, 4) is 5.75 Å². The lowest BCUT2D eigenvalue weighted by molar-refractivity contribution is 0.390. The highest BCUT2D eigenvalue weighted by molar-refractivity contribution is 6.34. The smallest absolute Gasteiger partial charge is 0.207 e. The fourth-order valence-corrected chi connectivity index (χ4v) is 1.42. The third kappa shape index (κ3) is 1.16. The molecular formula is C9H8BFN2O. The van der Waals surface area contributed by atoms with Gasteiger partial charge in [-0.15, -0.1) is 0 Å². The summed E-state index contributed by atoms with van der Waals surface area (Å²) in [6, 6.07) is 0. The number of rotatable bonds is 1. The summed E-state index contributed by atoms with van der Waals surface area (Å²) in [6.07, 6.45) is 3.28. The first-order chi connectivity index (χ1) is 6.63. The fraction of sp³-hybridized carbons (Fsp3) is 0.222. The SMILES string of the molecule is [B]c1cn2cc(C)nc2c(F)c1OC. The molecule has 2 rings (SSSR count). The molecular weight excluding hydrogens is 182 g/mol. The zero-order valence-corrected chi connectivity index (χ0v) is 7.91. The first-order valence-electron chi connectivity index (χ1n) is 4.10. The zero-order chi connectivity index (χ0) is 10.3. The quantitative estimate of drug-likeness (QED) is 0.615. The van der Waals surface area contributed by atoms with Crippen LogP contribution in [0, 0.1) is 12.7 Å².